The molecule has 0 saturated carbocycles. The number of carbonyl (C=O) groups excluding carboxylic acids is 1. The fourth-order valence-electron chi connectivity index (χ4n) is 3.16. The monoisotopic (exact) mass is 464 g/mol. The zero-order valence-corrected chi connectivity index (χ0v) is 18.5. The maximum absolute atomic E-state index is 13.3. The molecule has 0 aliphatic carbocycles. The summed E-state index contributed by atoms with van der Waals surface area (Å²) < 4.78 is 7.01. The molecule has 3 aromatic rings. The van der Waals surface area contributed by atoms with Crippen molar-refractivity contribution in [1.82, 2.24) is 4.57 Å². The number of hydrogen-bond donors (Lipinski definition) is 0. The maximum Gasteiger partial charge on any atom is 0.338 e. The highest BCUT2D eigenvalue weighted by atomic mass is 35.5. The Labute approximate surface area is 183 Å². The highest BCUT2D eigenvalue weighted by Crippen LogP contribution is 2.33. The Morgan fingerprint density at radius 1 is 1.28 bits per heavy atom. The number of benzene rings is 1. The van der Waals surface area contributed by atoms with Gasteiger partial charge in [0.05, 0.1) is 33.0 Å². The second kappa shape index (κ2) is 7.91. The molecule has 1 aliphatic rings. The van der Waals surface area contributed by atoms with E-state index in [0.717, 1.165) is 10.4 Å². The van der Waals surface area contributed by atoms with Crippen LogP contribution in [0.15, 0.2) is 56.8 Å². The van der Waals surface area contributed by atoms with E-state index in [1.165, 1.54) is 29.8 Å². The lowest BCUT2D eigenvalue weighted by molar-refractivity contribution is -0.136. The van der Waals surface area contributed by atoms with Crippen molar-refractivity contribution < 1.29 is 9.53 Å². The first kappa shape index (κ1) is 20.1. The molecule has 1 aliphatic heterocycles. The molecule has 5 nitrogen and oxygen atoms in total. The summed E-state index contributed by atoms with van der Waals surface area (Å²) in [6.07, 6.45) is 1.74. The van der Waals surface area contributed by atoms with E-state index in [1.54, 1.807) is 35.8 Å². The van der Waals surface area contributed by atoms with Crippen molar-refractivity contribution in [2.45, 2.75) is 13.0 Å². The summed E-state index contributed by atoms with van der Waals surface area (Å²) >= 11 is 14.8. The molecule has 9 heteroatoms. The smallest absolute Gasteiger partial charge is 0.338 e. The van der Waals surface area contributed by atoms with E-state index in [9.17, 15) is 9.59 Å². The number of rotatable bonds is 3. The summed E-state index contributed by atoms with van der Waals surface area (Å²) in [6, 6.07) is 8.37. The highest BCUT2D eigenvalue weighted by Gasteiger charge is 2.33. The molecule has 3 heterocycles. The fourth-order valence-corrected chi connectivity index (χ4v) is 5.34. The van der Waals surface area contributed by atoms with Gasteiger partial charge < -0.3 is 4.74 Å². The largest absolute Gasteiger partial charge is 0.466 e. The van der Waals surface area contributed by atoms with Crippen LogP contribution < -0.4 is 14.9 Å². The number of thiophene rings is 1. The number of methoxy groups -OCH3 is 1. The third kappa shape index (κ3) is 3.59. The average molecular weight is 465 g/mol. The third-order valence-electron chi connectivity index (χ3n) is 4.48. The first-order valence-electron chi connectivity index (χ1n) is 8.50. The van der Waals surface area contributed by atoms with Crippen LogP contribution in [0.3, 0.4) is 0 Å². The van der Waals surface area contributed by atoms with Crippen molar-refractivity contribution in [1.29, 1.82) is 0 Å². The SMILES string of the molecule is COC(=O)C1=C(C)N=c2s/c(=C/c3ccc(Cl)c(Cl)c3)c(=O)n2C1c1cccs1. The van der Waals surface area contributed by atoms with Gasteiger partial charge in [-0.2, -0.15) is 0 Å². The number of thiazole rings is 1. The van der Waals surface area contributed by atoms with Crippen molar-refractivity contribution in [3.8, 4) is 0 Å². The molecule has 2 aromatic heterocycles. The van der Waals surface area contributed by atoms with Gasteiger partial charge in [0.1, 0.15) is 6.04 Å². The van der Waals surface area contributed by atoms with Crippen LogP contribution in [0.5, 0.6) is 0 Å². The minimum absolute atomic E-state index is 0.230. The molecular weight excluding hydrogens is 451 g/mol. The summed E-state index contributed by atoms with van der Waals surface area (Å²) in [6.45, 7) is 1.75. The lowest BCUT2D eigenvalue weighted by Gasteiger charge is -2.22. The number of esters is 1. The molecule has 0 spiro atoms. The molecule has 29 heavy (non-hydrogen) atoms. The molecule has 1 atom stereocenters. The Hall–Kier alpha value is -2.19. The minimum Gasteiger partial charge on any atom is -0.466 e. The molecule has 1 unspecified atom stereocenters. The topological polar surface area (TPSA) is 60.7 Å². The van der Waals surface area contributed by atoms with E-state index in [0.29, 0.717) is 30.6 Å². The van der Waals surface area contributed by atoms with Gasteiger partial charge in [-0.3, -0.25) is 9.36 Å². The van der Waals surface area contributed by atoms with Crippen molar-refractivity contribution in [2.24, 2.45) is 4.99 Å². The van der Waals surface area contributed by atoms with Gasteiger partial charge in [-0.25, -0.2) is 9.79 Å². The second-order valence-electron chi connectivity index (χ2n) is 6.26. The lowest BCUT2D eigenvalue weighted by Crippen LogP contribution is -2.39. The molecule has 148 valence electrons. The molecule has 0 radical (unpaired) electrons. The Kier molecular flexibility index (Phi) is 5.48. The molecule has 0 amide bonds. The Balaban J connectivity index is 1.96. The minimum atomic E-state index is -0.574. The fraction of sp³-hybridized carbons (Fsp3) is 0.150. The van der Waals surface area contributed by atoms with E-state index in [-0.39, 0.29) is 5.56 Å². The molecule has 4 rings (SSSR count). The van der Waals surface area contributed by atoms with Crippen LogP contribution in [-0.2, 0) is 9.53 Å². The molecule has 0 N–H and O–H groups in total. The van der Waals surface area contributed by atoms with Gasteiger partial charge >= 0.3 is 5.97 Å². The van der Waals surface area contributed by atoms with Gasteiger partial charge in [0, 0.05) is 4.88 Å². The van der Waals surface area contributed by atoms with Gasteiger partial charge in [0.15, 0.2) is 4.80 Å². The quantitative estimate of drug-likeness (QED) is 0.554. The van der Waals surface area contributed by atoms with E-state index >= 15 is 0 Å². The Morgan fingerprint density at radius 3 is 2.72 bits per heavy atom. The van der Waals surface area contributed by atoms with Gasteiger partial charge in [-0.05, 0) is 42.1 Å². The van der Waals surface area contributed by atoms with Crippen molar-refractivity contribution in [3.63, 3.8) is 0 Å². The summed E-state index contributed by atoms with van der Waals surface area (Å²) in [5.74, 6) is -0.497. The number of fused-ring (bicyclic) bond motifs is 1. The van der Waals surface area contributed by atoms with Gasteiger partial charge in [0.25, 0.3) is 5.56 Å². The van der Waals surface area contributed by atoms with Crippen LogP contribution in [-0.4, -0.2) is 17.6 Å². The van der Waals surface area contributed by atoms with Crippen LogP contribution in [0, 0.1) is 0 Å². The normalized spacial score (nSPS) is 16.6. The standard InChI is InChI=1S/C20H14Cl2N2O3S2/c1-10-16(19(26)27-2)17(14-4-3-7-28-14)24-18(25)15(29-20(24)23-10)9-11-5-6-12(21)13(22)8-11/h3-9,17H,1-2H3/b15-9+. The molecule has 0 fully saturated rings. The summed E-state index contributed by atoms with van der Waals surface area (Å²) in [7, 11) is 1.32. The predicted octanol–water partition coefficient (Wildman–Crippen LogP) is 3.78. The number of nitrogens with zero attached hydrogens (tertiary/aromatic N) is 2. The number of ether oxygens (including phenoxy) is 1. The lowest BCUT2D eigenvalue weighted by atomic mass is 10.0. The van der Waals surface area contributed by atoms with Crippen LogP contribution in [0.2, 0.25) is 10.0 Å². The number of carbonyl (C=O) groups is 1. The Bertz CT molecular complexity index is 1320. The maximum atomic E-state index is 13.3. The third-order valence-corrected chi connectivity index (χ3v) is 7.13. The highest BCUT2D eigenvalue weighted by molar-refractivity contribution is 7.10. The van der Waals surface area contributed by atoms with Crippen LogP contribution in [0.1, 0.15) is 23.4 Å². The van der Waals surface area contributed by atoms with E-state index < -0.39 is 12.0 Å². The molecule has 0 saturated heterocycles. The summed E-state index contributed by atoms with van der Waals surface area (Å²) in [5, 5.41) is 2.76. The number of allylic oxidation sites excluding steroid dienone is 1. The van der Waals surface area contributed by atoms with Gasteiger partial charge in [-0.1, -0.05) is 46.7 Å². The van der Waals surface area contributed by atoms with E-state index in [1.807, 2.05) is 17.5 Å². The summed E-state index contributed by atoms with van der Waals surface area (Å²) in [4.78, 5) is 31.7. The number of halogens is 2. The van der Waals surface area contributed by atoms with Crippen LogP contribution >= 0.6 is 45.9 Å². The first-order chi connectivity index (χ1) is 13.9. The first-order valence-corrected chi connectivity index (χ1v) is 10.9. The number of hydrogen-bond acceptors (Lipinski definition) is 6. The van der Waals surface area contributed by atoms with Gasteiger partial charge in [0.2, 0.25) is 0 Å². The zero-order chi connectivity index (χ0) is 20.7. The zero-order valence-electron chi connectivity index (χ0n) is 15.3. The average Bonchev–Trinajstić information content (AvgIpc) is 3.32. The van der Waals surface area contributed by atoms with Crippen LogP contribution in [0.25, 0.3) is 6.08 Å². The van der Waals surface area contributed by atoms with Crippen LogP contribution in [0.4, 0.5) is 0 Å². The molecule has 1 aromatic carbocycles. The molecular formula is C20H14Cl2N2O3S2. The number of aromatic nitrogens is 1. The molecule has 0 bridgehead atoms. The van der Waals surface area contributed by atoms with E-state index in [2.05, 4.69) is 4.99 Å². The van der Waals surface area contributed by atoms with Crippen molar-refractivity contribution in [2.75, 3.05) is 7.11 Å². The van der Waals surface area contributed by atoms with Crippen molar-refractivity contribution in [3.05, 3.63) is 87.2 Å². The van der Waals surface area contributed by atoms with Crippen molar-refractivity contribution >= 4 is 57.9 Å². The van der Waals surface area contributed by atoms with Gasteiger partial charge in [-0.15, -0.1) is 11.3 Å². The summed E-state index contributed by atoms with van der Waals surface area (Å²) in [5.41, 5.74) is 1.43. The predicted molar refractivity (Wildman–Crippen MR) is 117 cm³/mol. The second-order valence-corrected chi connectivity index (χ2v) is 9.07. The van der Waals surface area contributed by atoms with E-state index in [4.69, 9.17) is 27.9 Å². The Morgan fingerprint density at radius 2 is 2.07 bits per heavy atom.